The van der Waals surface area contributed by atoms with Gasteiger partial charge in [0.15, 0.2) is 0 Å². The molecular formula is C15H20N4O. The predicted molar refractivity (Wildman–Crippen MR) is 78.0 cm³/mol. The summed E-state index contributed by atoms with van der Waals surface area (Å²) in [5, 5.41) is 0. The third-order valence-electron chi connectivity index (χ3n) is 4.09. The van der Waals surface area contributed by atoms with Gasteiger partial charge in [-0.05, 0) is 36.8 Å². The maximum atomic E-state index is 5.64. The summed E-state index contributed by atoms with van der Waals surface area (Å²) in [4.78, 5) is 8.44. The Morgan fingerprint density at radius 1 is 1.35 bits per heavy atom. The summed E-state index contributed by atoms with van der Waals surface area (Å²) in [5.74, 6) is 0.540. The highest BCUT2D eigenvalue weighted by Crippen LogP contribution is 2.50. The normalized spacial score (nSPS) is 16.2. The van der Waals surface area contributed by atoms with E-state index in [0.717, 1.165) is 30.8 Å². The van der Waals surface area contributed by atoms with E-state index in [1.807, 2.05) is 24.7 Å². The van der Waals surface area contributed by atoms with Gasteiger partial charge in [0.1, 0.15) is 5.82 Å². The van der Waals surface area contributed by atoms with Crippen molar-refractivity contribution in [3.8, 4) is 11.3 Å². The zero-order chi connectivity index (χ0) is 14.0. The molecule has 3 rings (SSSR count). The number of nitrogen functional groups attached to an aromatic ring is 1. The second-order valence-electron chi connectivity index (χ2n) is 5.62. The van der Waals surface area contributed by atoms with E-state index in [-0.39, 0.29) is 0 Å². The summed E-state index contributed by atoms with van der Waals surface area (Å²) >= 11 is 0. The van der Waals surface area contributed by atoms with Gasteiger partial charge in [0.25, 0.3) is 0 Å². The van der Waals surface area contributed by atoms with Gasteiger partial charge in [-0.2, -0.15) is 0 Å². The average molecular weight is 272 g/mol. The number of aromatic nitrogens is 3. The fourth-order valence-electron chi connectivity index (χ4n) is 2.59. The standard InChI is InChI=1S/C15H20N4O/c1-20-7-6-15(4-5-15)10-19-11-17-9-13(19)12-2-3-14(16)18-8-12/h2-3,8-9,11H,4-7,10H2,1H3,(H2,16,18). The minimum absolute atomic E-state index is 0.396. The van der Waals surface area contributed by atoms with Crippen molar-refractivity contribution in [2.75, 3.05) is 19.5 Å². The maximum Gasteiger partial charge on any atom is 0.123 e. The van der Waals surface area contributed by atoms with E-state index >= 15 is 0 Å². The molecule has 106 valence electrons. The van der Waals surface area contributed by atoms with Crippen molar-refractivity contribution in [1.82, 2.24) is 14.5 Å². The van der Waals surface area contributed by atoms with Crippen LogP contribution in [-0.4, -0.2) is 28.3 Å². The Bertz CT molecular complexity index is 572. The lowest BCUT2D eigenvalue weighted by Crippen LogP contribution is -2.14. The molecule has 0 radical (unpaired) electrons. The zero-order valence-electron chi connectivity index (χ0n) is 11.7. The third kappa shape index (κ3) is 2.67. The van der Waals surface area contributed by atoms with Crippen molar-refractivity contribution in [2.45, 2.75) is 25.8 Å². The van der Waals surface area contributed by atoms with Crippen LogP contribution in [0.15, 0.2) is 30.9 Å². The summed E-state index contributed by atoms with van der Waals surface area (Å²) in [6.07, 6.45) is 9.25. The van der Waals surface area contributed by atoms with E-state index in [2.05, 4.69) is 14.5 Å². The quantitative estimate of drug-likeness (QED) is 0.876. The van der Waals surface area contributed by atoms with E-state index in [1.54, 1.807) is 13.3 Å². The number of nitrogens with zero attached hydrogens (tertiary/aromatic N) is 3. The number of methoxy groups -OCH3 is 1. The molecule has 1 fully saturated rings. The van der Waals surface area contributed by atoms with E-state index in [9.17, 15) is 0 Å². The van der Waals surface area contributed by atoms with E-state index < -0.39 is 0 Å². The van der Waals surface area contributed by atoms with Crippen LogP contribution in [0.1, 0.15) is 19.3 Å². The van der Waals surface area contributed by atoms with Gasteiger partial charge < -0.3 is 15.0 Å². The highest BCUT2D eigenvalue weighted by Gasteiger charge is 2.42. The van der Waals surface area contributed by atoms with Gasteiger partial charge >= 0.3 is 0 Å². The van der Waals surface area contributed by atoms with Gasteiger partial charge in [0.05, 0.1) is 18.2 Å². The van der Waals surface area contributed by atoms with Crippen LogP contribution < -0.4 is 5.73 Å². The molecule has 0 bridgehead atoms. The van der Waals surface area contributed by atoms with Crippen molar-refractivity contribution >= 4 is 5.82 Å². The number of anilines is 1. The molecule has 0 aliphatic heterocycles. The minimum Gasteiger partial charge on any atom is -0.385 e. The Kier molecular flexibility index (Phi) is 3.44. The van der Waals surface area contributed by atoms with Crippen molar-refractivity contribution in [2.24, 2.45) is 5.41 Å². The van der Waals surface area contributed by atoms with Gasteiger partial charge in [-0.25, -0.2) is 9.97 Å². The first-order chi connectivity index (χ1) is 9.72. The predicted octanol–water partition coefficient (Wildman–Crippen LogP) is 2.34. The Morgan fingerprint density at radius 2 is 2.20 bits per heavy atom. The number of hydrogen-bond acceptors (Lipinski definition) is 4. The molecule has 0 atom stereocenters. The highest BCUT2D eigenvalue weighted by molar-refractivity contribution is 5.59. The number of nitrogens with two attached hydrogens (primary N) is 1. The second-order valence-corrected chi connectivity index (χ2v) is 5.62. The molecule has 0 saturated heterocycles. The molecule has 0 spiro atoms. The SMILES string of the molecule is COCCC1(Cn2cncc2-c2ccc(N)nc2)CC1. The molecule has 5 nitrogen and oxygen atoms in total. The minimum atomic E-state index is 0.396. The second kappa shape index (κ2) is 5.25. The van der Waals surface area contributed by atoms with Gasteiger partial charge in [-0.1, -0.05) is 0 Å². The molecule has 20 heavy (non-hydrogen) atoms. The van der Waals surface area contributed by atoms with Crippen molar-refractivity contribution in [1.29, 1.82) is 0 Å². The highest BCUT2D eigenvalue weighted by atomic mass is 16.5. The van der Waals surface area contributed by atoms with Crippen LogP contribution in [0.3, 0.4) is 0 Å². The lowest BCUT2D eigenvalue weighted by molar-refractivity contribution is 0.167. The van der Waals surface area contributed by atoms with E-state index in [0.29, 0.717) is 11.2 Å². The number of imidazole rings is 1. The molecule has 0 aromatic carbocycles. The lowest BCUT2D eigenvalue weighted by atomic mass is 10.0. The summed E-state index contributed by atoms with van der Waals surface area (Å²) in [7, 11) is 1.76. The van der Waals surface area contributed by atoms with Gasteiger partial charge in [-0.3, -0.25) is 0 Å². The smallest absolute Gasteiger partial charge is 0.123 e. The van der Waals surface area contributed by atoms with Crippen LogP contribution in [0, 0.1) is 5.41 Å². The Balaban J connectivity index is 1.79. The van der Waals surface area contributed by atoms with Gasteiger partial charge in [-0.15, -0.1) is 0 Å². The van der Waals surface area contributed by atoms with Crippen LogP contribution in [0.5, 0.6) is 0 Å². The molecule has 2 heterocycles. The monoisotopic (exact) mass is 272 g/mol. The summed E-state index contributed by atoms with van der Waals surface area (Å²) in [5.41, 5.74) is 8.19. The topological polar surface area (TPSA) is 66.0 Å². The third-order valence-corrected chi connectivity index (χ3v) is 4.09. The first-order valence-electron chi connectivity index (χ1n) is 6.93. The molecule has 1 aliphatic rings. The lowest BCUT2D eigenvalue weighted by Gasteiger charge is -2.17. The zero-order valence-corrected chi connectivity index (χ0v) is 11.7. The summed E-state index contributed by atoms with van der Waals surface area (Å²) in [6.45, 7) is 1.82. The van der Waals surface area contributed by atoms with Crippen molar-refractivity contribution in [3.05, 3.63) is 30.9 Å². The maximum absolute atomic E-state index is 5.64. The van der Waals surface area contributed by atoms with Crippen LogP contribution in [0.2, 0.25) is 0 Å². The Hall–Kier alpha value is -1.88. The molecule has 0 unspecified atom stereocenters. The van der Waals surface area contributed by atoms with Crippen molar-refractivity contribution in [3.63, 3.8) is 0 Å². The van der Waals surface area contributed by atoms with Gasteiger partial charge in [0, 0.05) is 32.0 Å². The number of ether oxygens (including phenoxy) is 1. The summed E-state index contributed by atoms with van der Waals surface area (Å²) < 4.78 is 7.43. The van der Waals surface area contributed by atoms with Crippen molar-refractivity contribution < 1.29 is 4.74 Å². The Labute approximate surface area is 118 Å². The fourth-order valence-corrected chi connectivity index (χ4v) is 2.59. The van der Waals surface area contributed by atoms with E-state index in [1.165, 1.54) is 12.8 Å². The number of rotatable bonds is 6. The van der Waals surface area contributed by atoms with Crippen LogP contribution in [0.4, 0.5) is 5.82 Å². The molecular weight excluding hydrogens is 252 g/mol. The molecule has 2 aromatic heterocycles. The van der Waals surface area contributed by atoms with Crippen LogP contribution in [0.25, 0.3) is 11.3 Å². The van der Waals surface area contributed by atoms with Crippen LogP contribution in [-0.2, 0) is 11.3 Å². The van der Waals surface area contributed by atoms with Crippen LogP contribution >= 0.6 is 0 Å². The largest absolute Gasteiger partial charge is 0.385 e. The molecule has 1 aliphatic carbocycles. The number of pyridine rings is 1. The molecule has 5 heteroatoms. The molecule has 2 N–H and O–H groups in total. The van der Waals surface area contributed by atoms with E-state index in [4.69, 9.17) is 10.5 Å². The average Bonchev–Trinajstić information content (AvgIpc) is 3.07. The fraction of sp³-hybridized carbons (Fsp3) is 0.467. The first-order valence-corrected chi connectivity index (χ1v) is 6.93. The Morgan fingerprint density at radius 3 is 2.85 bits per heavy atom. The summed E-state index contributed by atoms with van der Waals surface area (Å²) in [6, 6.07) is 3.81. The van der Waals surface area contributed by atoms with Gasteiger partial charge in [0.2, 0.25) is 0 Å². The first kappa shape index (κ1) is 13.1. The molecule has 1 saturated carbocycles. The number of hydrogen-bond donors (Lipinski definition) is 1. The molecule has 0 amide bonds. The molecule has 2 aromatic rings.